The first-order valence-electron chi connectivity index (χ1n) is 7.99. The Morgan fingerprint density at radius 1 is 1.25 bits per heavy atom. The van der Waals surface area contributed by atoms with Gasteiger partial charge in [0.15, 0.2) is 0 Å². The number of rotatable bonds is 6. The van der Waals surface area contributed by atoms with E-state index < -0.39 is 0 Å². The molecule has 3 heteroatoms. The normalized spacial score (nSPS) is 26.4. The van der Waals surface area contributed by atoms with Gasteiger partial charge in [-0.25, -0.2) is 0 Å². The number of hydrogen-bond donors (Lipinski definition) is 1. The third-order valence-electron chi connectivity index (χ3n) is 4.03. The van der Waals surface area contributed by atoms with Crippen LogP contribution in [0.4, 0.5) is 0 Å². The highest BCUT2D eigenvalue weighted by molar-refractivity contribution is 5.30. The number of ether oxygens (including phenoxy) is 1. The Hall–Kier alpha value is -1.09. The van der Waals surface area contributed by atoms with Gasteiger partial charge in [-0.15, -0.1) is 0 Å². The van der Waals surface area contributed by atoms with E-state index in [1.54, 1.807) is 0 Å². The average Bonchev–Trinajstić information content (AvgIpc) is 2.40. The van der Waals surface area contributed by atoms with Gasteiger partial charge in [-0.3, -0.25) is 4.98 Å². The van der Waals surface area contributed by atoms with Crippen molar-refractivity contribution in [1.29, 1.82) is 0 Å². The van der Waals surface area contributed by atoms with Crippen molar-refractivity contribution in [2.75, 3.05) is 6.54 Å². The Kier molecular flexibility index (Phi) is 5.84. The molecule has 1 aliphatic rings. The summed E-state index contributed by atoms with van der Waals surface area (Å²) in [5, 5.41) is 3.43. The van der Waals surface area contributed by atoms with Gasteiger partial charge in [0.1, 0.15) is 5.75 Å². The van der Waals surface area contributed by atoms with Gasteiger partial charge in [0.05, 0.1) is 6.10 Å². The molecule has 1 N–H and O–H groups in total. The van der Waals surface area contributed by atoms with Crippen LogP contribution in [-0.4, -0.2) is 17.6 Å². The zero-order valence-corrected chi connectivity index (χ0v) is 13.1. The SMILES string of the molecule is CCCNCc1cnccc1OC1CC(C)CC(C)C1. The summed E-state index contributed by atoms with van der Waals surface area (Å²) >= 11 is 0. The third kappa shape index (κ3) is 4.48. The molecular weight excluding hydrogens is 248 g/mol. The summed E-state index contributed by atoms with van der Waals surface area (Å²) in [6.45, 7) is 8.73. The molecule has 0 bridgehead atoms. The maximum Gasteiger partial charge on any atom is 0.127 e. The monoisotopic (exact) mass is 276 g/mol. The molecule has 2 unspecified atom stereocenters. The first-order chi connectivity index (χ1) is 9.69. The second-order valence-corrected chi connectivity index (χ2v) is 6.32. The van der Waals surface area contributed by atoms with Crippen molar-refractivity contribution in [3.8, 4) is 5.75 Å². The molecule has 0 spiro atoms. The lowest BCUT2D eigenvalue weighted by atomic mass is 9.82. The van der Waals surface area contributed by atoms with Crippen molar-refractivity contribution in [1.82, 2.24) is 10.3 Å². The van der Waals surface area contributed by atoms with Crippen LogP contribution in [0, 0.1) is 11.8 Å². The molecule has 3 nitrogen and oxygen atoms in total. The summed E-state index contributed by atoms with van der Waals surface area (Å²) in [5.74, 6) is 2.55. The van der Waals surface area contributed by atoms with Gasteiger partial charge >= 0.3 is 0 Å². The molecule has 0 aliphatic heterocycles. The van der Waals surface area contributed by atoms with Crippen LogP contribution in [0.3, 0.4) is 0 Å². The van der Waals surface area contributed by atoms with E-state index in [0.717, 1.165) is 37.1 Å². The minimum absolute atomic E-state index is 0.362. The van der Waals surface area contributed by atoms with Gasteiger partial charge in [0.25, 0.3) is 0 Å². The Morgan fingerprint density at radius 3 is 2.70 bits per heavy atom. The topological polar surface area (TPSA) is 34.2 Å². The first-order valence-corrected chi connectivity index (χ1v) is 7.99. The van der Waals surface area contributed by atoms with Crippen LogP contribution >= 0.6 is 0 Å². The van der Waals surface area contributed by atoms with Crippen LogP contribution in [0.2, 0.25) is 0 Å². The minimum Gasteiger partial charge on any atom is -0.490 e. The molecule has 2 rings (SSSR count). The molecule has 0 saturated heterocycles. The molecule has 112 valence electrons. The lowest BCUT2D eigenvalue weighted by molar-refractivity contribution is 0.0998. The molecule has 1 fully saturated rings. The van der Waals surface area contributed by atoms with Gasteiger partial charge < -0.3 is 10.1 Å². The molecule has 1 saturated carbocycles. The van der Waals surface area contributed by atoms with E-state index in [1.807, 2.05) is 18.5 Å². The van der Waals surface area contributed by atoms with E-state index in [2.05, 4.69) is 31.1 Å². The van der Waals surface area contributed by atoms with E-state index in [-0.39, 0.29) is 0 Å². The Bertz CT molecular complexity index is 398. The summed E-state index contributed by atoms with van der Waals surface area (Å²) in [7, 11) is 0. The molecule has 1 aliphatic carbocycles. The molecule has 1 aromatic heterocycles. The molecule has 1 aromatic rings. The molecule has 1 heterocycles. The Labute approximate surface area is 123 Å². The van der Waals surface area contributed by atoms with Crippen molar-refractivity contribution in [3.63, 3.8) is 0 Å². The highest BCUT2D eigenvalue weighted by Crippen LogP contribution is 2.32. The average molecular weight is 276 g/mol. The fourth-order valence-electron chi connectivity index (χ4n) is 3.21. The number of pyridine rings is 1. The van der Waals surface area contributed by atoms with Crippen LogP contribution in [-0.2, 0) is 6.54 Å². The zero-order valence-electron chi connectivity index (χ0n) is 13.1. The predicted molar refractivity (Wildman–Crippen MR) is 82.8 cm³/mol. The highest BCUT2D eigenvalue weighted by atomic mass is 16.5. The van der Waals surface area contributed by atoms with Crippen LogP contribution in [0.1, 0.15) is 52.0 Å². The summed E-state index contributed by atoms with van der Waals surface area (Å²) < 4.78 is 6.28. The fourth-order valence-corrected chi connectivity index (χ4v) is 3.21. The summed E-state index contributed by atoms with van der Waals surface area (Å²) in [5.41, 5.74) is 1.17. The van der Waals surface area contributed by atoms with Crippen LogP contribution in [0.5, 0.6) is 5.75 Å². The van der Waals surface area contributed by atoms with Gasteiger partial charge in [0, 0.05) is 24.5 Å². The van der Waals surface area contributed by atoms with Gasteiger partial charge in [-0.1, -0.05) is 20.8 Å². The predicted octanol–water partition coefficient (Wildman–Crippen LogP) is 3.78. The second kappa shape index (κ2) is 7.63. The van der Waals surface area contributed by atoms with Crippen LogP contribution in [0.15, 0.2) is 18.5 Å². The van der Waals surface area contributed by atoms with E-state index >= 15 is 0 Å². The maximum absolute atomic E-state index is 6.28. The zero-order chi connectivity index (χ0) is 14.4. The Balaban J connectivity index is 1.97. The van der Waals surface area contributed by atoms with E-state index in [9.17, 15) is 0 Å². The first kappa shape index (κ1) is 15.3. The maximum atomic E-state index is 6.28. The second-order valence-electron chi connectivity index (χ2n) is 6.32. The lowest BCUT2D eigenvalue weighted by Crippen LogP contribution is -2.29. The molecule has 2 atom stereocenters. The lowest BCUT2D eigenvalue weighted by Gasteiger charge is -2.32. The number of nitrogens with one attached hydrogen (secondary N) is 1. The molecule has 0 amide bonds. The number of aromatic nitrogens is 1. The van der Waals surface area contributed by atoms with E-state index in [4.69, 9.17) is 4.74 Å². The number of hydrogen-bond acceptors (Lipinski definition) is 3. The summed E-state index contributed by atoms with van der Waals surface area (Å²) in [6, 6.07) is 2.01. The van der Waals surface area contributed by atoms with E-state index in [1.165, 1.54) is 24.8 Å². The number of nitrogens with zero attached hydrogens (tertiary/aromatic N) is 1. The van der Waals surface area contributed by atoms with Crippen LogP contribution in [0.25, 0.3) is 0 Å². The van der Waals surface area contributed by atoms with Crippen molar-refractivity contribution < 1.29 is 4.74 Å². The minimum atomic E-state index is 0.362. The van der Waals surface area contributed by atoms with Crippen molar-refractivity contribution in [2.45, 2.75) is 59.1 Å². The van der Waals surface area contributed by atoms with Crippen molar-refractivity contribution in [3.05, 3.63) is 24.0 Å². The highest BCUT2D eigenvalue weighted by Gasteiger charge is 2.25. The Morgan fingerprint density at radius 2 is 2.00 bits per heavy atom. The molecule has 20 heavy (non-hydrogen) atoms. The van der Waals surface area contributed by atoms with Gasteiger partial charge in [-0.2, -0.15) is 0 Å². The third-order valence-corrected chi connectivity index (χ3v) is 4.03. The van der Waals surface area contributed by atoms with Crippen molar-refractivity contribution in [2.24, 2.45) is 11.8 Å². The molecule has 0 aromatic carbocycles. The van der Waals surface area contributed by atoms with Crippen LogP contribution < -0.4 is 10.1 Å². The quantitative estimate of drug-likeness (QED) is 0.803. The standard InChI is InChI=1S/C17H28N2O/c1-4-6-18-11-15-12-19-7-5-17(15)20-16-9-13(2)8-14(3)10-16/h5,7,12-14,16,18H,4,6,8-11H2,1-3H3. The largest absolute Gasteiger partial charge is 0.490 e. The summed E-state index contributed by atoms with van der Waals surface area (Å²) in [6.07, 6.45) is 8.95. The summed E-state index contributed by atoms with van der Waals surface area (Å²) in [4.78, 5) is 4.23. The van der Waals surface area contributed by atoms with Gasteiger partial charge in [0.2, 0.25) is 0 Å². The van der Waals surface area contributed by atoms with E-state index in [0.29, 0.717) is 6.10 Å². The molecule has 0 radical (unpaired) electrons. The smallest absolute Gasteiger partial charge is 0.127 e. The van der Waals surface area contributed by atoms with Crippen molar-refractivity contribution >= 4 is 0 Å². The fraction of sp³-hybridized carbons (Fsp3) is 0.706. The van der Waals surface area contributed by atoms with Gasteiger partial charge in [-0.05, 0) is 50.1 Å². The molecular formula is C17H28N2O.